The van der Waals surface area contributed by atoms with E-state index in [1.165, 1.54) is 17.2 Å². The lowest BCUT2D eigenvalue weighted by Gasteiger charge is -2.15. The molecule has 2 aromatic heterocycles. The number of hydrogen-bond donors (Lipinski definition) is 1. The molecule has 0 spiro atoms. The average molecular weight is 287 g/mol. The monoisotopic (exact) mass is 287 g/mol. The Hall–Kier alpha value is -2.63. The molecule has 108 valence electrons. The number of aromatic nitrogens is 2. The van der Waals surface area contributed by atoms with Crippen molar-refractivity contribution in [3.8, 4) is 0 Å². The SMILES string of the molecule is Cc1c(C(=O)N(C)Cc2ccon2)[nH]c2c(F)cccc12. The summed E-state index contributed by atoms with van der Waals surface area (Å²) >= 11 is 0. The van der Waals surface area contributed by atoms with E-state index in [0.29, 0.717) is 28.8 Å². The first kappa shape index (κ1) is 13.4. The Morgan fingerprint density at radius 1 is 1.43 bits per heavy atom. The molecule has 0 atom stereocenters. The van der Waals surface area contributed by atoms with Crippen molar-refractivity contribution in [1.82, 2.24) is 15.0 Å². The molecule has 1 amide bonds. The molecule has 5 nitrogen and oxygen atoms in total. The van der Waals surface area contributed by atoms with Gasteiger partial charge in [-0.1, -0.05) is 17.3 Å². The van der Waals surface area contributed by atoms with Crippen LogP contribution in [0.15, 0.2) is 35.1 Å². The summed E-state index contributed by atoms with van der Waals surface area (Å²) in [5, 5.41) is 4.49. The number of halogens is 1. The second-order valence-electron chi connectivity index (χ2n) is 4.94. The maximum atomic E-state index is 13.8. The van der Waals surface area contributed by atoms with Crippen LogP contribution in [-0.4, -0.2) is 28.0 Å². The Morgan fingerprint density at radius 3 is 2.90 bits per heavy atom. The number of H-pyrrole nitrogens is 1. The van der Waals surface area contributed by atoms with E-state index in [4.69, 9.17) is 4.52 Å². The van der Waals surface area contributed by atoms with Crippen molar-refractivity contribution in [3.63, 3.8) is 0 Å². The van der Waals surface area contributed by atoms with Gasteiger partial charge < -0.3 is 14.4 Å². The van der Waals surface area contributed by atoms with E-state index in [1.807, 2.05) is 0 Å². The lowest BCUT2D eigenvalue weighted by molar-refractivity contribution is 0.0776. The van der Waals surface area contributed by atoms with Gasteiger partial charge in [-0.15, -0.1) is 0 Å². The largest absolute Gasteiger partial charge is 0.364 e. The van der Waals surface area contributed by atoms with Crippen LogP contribution in [0, 0.1) is 12.7 Å². The molecular formula is C15H14FN3O2. The molecule has 1 aromatic carbocycles. The van der Waals surface area contributed by atoms with E-state index in [9.17, 15) is 9.18 Å². The average Bonchev–Trinajstić information content (AvgIpc) is 3.08. The highest BCUT2D eigenvalue weighted by Gasteiger charge is 2.20. The van der Waals surface area contributed by atoms with Crippen molar-refractivity contribution < 1.29 is 13.7 Å². The standard InChI is InChI=1S/C15H14FN3O2/c1-9-11-4-3-5-12(16)14(11)17-13(9)15(20)19(2)8-10-6-7-21-18-10/h3-7,17H,8H2,1-2H3. The Bertz CT molecular complexity index is 793. The van der Waals surface area contributed by atoms with E-state index >= 15 is 0 Å². The van der Waals surface area contributed by atoms with Crippen LogP contribution in [0.3, 0.4) is 0 Å². The number of para-hydroxylation sites is 1. The van der Waals surface area contributed by atoms with E-state index < -0.39 is 0 Å². The van der Waals surface area contributed by atoms with Crippen LogP contribution in [-0.2, 0) is 6.54 Å². The predicted molar refractivity (Wildman–Crippen MR) is 75.3 cm³/mol. The van der Waals surface area contributed by atoms with Crippen LogP contribution in [0.4, 0.5) is 4.39 Å². The molecule has 3 rings (SSSR count). The van der Waals surface area contributed by atoms with Crippen molar-refractivity contribution in [1.29, 1.82) is 0 Å². The van der Waals surface area contributed by atoms with Gasteiger partial charge in [-0.05, 0) is 18.6 Å². The highest BCUT2D eigenvalue weighted by molar-refractivity contribution is 6.00. The van der Waals surface area contributed by atoms with Gasteiger partial charge in [-0.2, -0.15) is 0 Å². The summed E-state index contributed by atoms with van der Waals surface area (Å²) < 4.78 is 18.5. The Morgan fingerprint density at radius 2 is 2.24 bits per heavy atom. The molecule has 21 heavy (non-hydrogen) atoms. The summed E-state index contributed by atoms with van der Waals surface area (Å²) in [6.45, 7) is 2.13. The summed E-state index contributed by atoms with van der Waals surface area (Å²) in [5.41, 5.74) is 2.14. The van der Waals surface area contributed by atoms with Crippen LogP contribution >= 0.6 is 0 Å². The van der Waals surface area contributed by atoms with Crippen LogP contribution < -0.4 is 0 Å². The molecule has 1 N–H and O–H groups in total. The third-order valence-corrected chi connectivity index (χ3v) is 3.49. The van der Waals surface area contributed by atoms with Crippen molar-refractivity contribution in [2.45, 2.75) is 13.5 Å². The maximum Gasteiger partial charge on any atom is 0.270 e. The van der Waals surface area contributed by atoms with Crippen LogP contribution in [0.1, 0.15) is 21.7 Å². The quantitative estimate of drug-likeness (QED) is 0.805. The number of aromatic amines is 1. The molecule has 0 aliphatic heterocycles. The zero-order valence-electron chi connectivity index (χ0n) is 11.7. The van der Waals surface area contributed by atoms with Gasteiger partial charge >= 0.3 is 0 Å². The number of fused-ring (bicyclic) bond motifs is 1. The third-order valence-electron chi connectivity index (χ3n) is 3.49. The van der Waals surface area contributed by atoms with Gasteiger partial charge in [-0.3, -0.25) is 4.79 Å². The molecule has 0 aliphatic carbocycles. The molecule has 2 heterocycles. The Kier molecular flexibility index (Phi) is 3.21. The predicted octanol–water partition coefficient (Wildman–Crippen LogP) is 2.88. The van der Waals surface area contributed by atoms with Gasteiger partial charge in [-0.25, -0.2) is 4.39 Å². The second-order valence-corrected chi connectivity index (χ2v) is 4.94. The fourth-order valence-corrected chi connectivity index (χ4v) is 2.36. The lowest BCUT2D eigenvalue weighted by atomic mass is 10.1. The highest BCUT2D eigenvalue weighted by atomic mass is 19.1. The van der Waals surface area contributed by atoms with Gasteiger partial charge in [0.15, 0.2) is 0 Å². The molecule has 0 saturated carbocycles. The minimum absolute atomic E-state index is 0.217. The van der Waals surface area contributed by atoms with Gasteiger partial charge in [0.25, 0.3) is 5.91 Å². The minimum atomic E-state index is -0.367. The number of nitrogens with one attached hydrogen (secondary N) is 1. The highest BCUT2D eigenvalue weighted by Crippen LogP contribution is 2.24. The summed E-state index contributed by atoms with van der Waals surface area (Å²) in [6, 6.07) is 6.48. The molecule has 0 bridgehead atoms. The van der Waals surface area contributed by atoms with Gasteiger partial charge in [0.1, 0.15) is 23.5 Å². The van der Waals surface area contributed by atoms with E-state index in [0.717, 1.165) is 5.56 Å². The van der Waals surface area contributed by atoms with Crippen molar-refractivity contribution in [2.24, 2.45) is 0 Å². The molecule has 3 aromatic rings. The molecule has 0 aliphatic rings. The number of rotatable bonds is 3. The topological polar surface area (TPSA) is 62.1 Å². The molecule has 0 unspecified atom stereocenters. The fourth-order valence-electron chi connectivity index (χ4n) is 2.36. The first-order chi connectivity index (χ1) is 10.1. The zero-order valence-corrected chi connectivity index (χ0v) is 11.7. The minimum Gasteiger partial charge on any atom is -0.364 e. The molecule has 0 saturated heterocycles. The Balaban J connectivity index is 1.94. The summed E-state index contributed by atoms with van der Waals surface area (Å²) in [5.74, 6) is -0.583. The van der Waals surface area contributed by atoms with E-state index in [2.05, 4.69) is 10.1 Å². The van der Waals surface area contributed by atoms with E-state index in [1.54, 1.807) is 32.2 Å². The third kappa shape index (κ3) is 2.29. The molecule has 0 radical (unpaired) electrons. The summed E-state index contributed by atoms with van der Waals surface area (Å²) in [7, 11) is 1.66. The first-order valence-electron chi connectivity index (χ1n) is 6.49. The van der Waals surface area contributed by atoms with Crippen molar-refractivity contribution in [3.05, 3.63) is 53.3 Å². The lowest BCUT2D eigenvalue weighted by Crippen LogP contribution is -2.27. The van der Waals surface area contributed by atoms with E-state index in [-0.39, 0.29) is 11.7 Å². The zero-order chi connectivity index (χ0) is 15.0. The smallest absolute Gasteiger partial charge is 0.270 e. The number of carbonyl (C=O) groups is 1. The van der Waals surface area contributed by atoms with Crippen molar-refractivity contribution in [2.75, 3.05) is 7.05 Å². The van der Waals surface area contributed by atoms with Crippen molar-refractivity contribution >= 4 is 16.8 Å². The maximum absolute atomic E-state index is 13.8. The summed E-state index contributed by atoms with van der Waals surface area (Å²) in [6.07, 6.45) is 1.46. The molecule has 6 heteroatoms. The number of nitrogens with zero attached hydrogens (tertiary/aromatic N) is 2. The fraction of sp³-hybridized carbons (Fsp3) is 0.200. The normalized spacial score (nSPS) is 11.0. The number of hydrogen-bond acceptors (Lipinski definition) is 3. The first-order valence-corrected chi connectivity index (χ1v) is 6.49. The van der Waals surface area contributed by atoms with Crippen LogP contribution in [0.25, 0.3) is 10.9 Å². The Labute approximate surface area is 120 Å². The van der Waals surface area contributed by atoms with Crippen LogP contribution in [0.2, 0.25) is 0 Å². The van der Waals surface area contributed by atoms with Gasteiger partial charge in [0, 0.05) is 18.5 Å². The van der Waals surface area contributed by atoms with Gasteiger partial charge in [0.2, 0.25) is 0 Å². The van der Waals surface area contributed by atoms with Gasteiger partial charge in [0.05, 0.1) is 12.1 Å². The second kappa shape index (κ2) is 5.05. The number of aryl methyl sites for hydroxylation is 1. The van der Waals surface area contributed by atoms with Crippen LogP contribution in [0.5, 0.6) is 0 Å². The molecular weight excluding hydrogens is 273 g/mol. The number of amides is 1. The molecule has 0 fully saturated rings. The summed E-state index contributed by atoms with van der Waals surface area (Å²) in [4.78, 5) is 16.9. The number of carbonyl (C=O) groups excluding carboxylic acids is 1. The number of benzene rings is 1.